The third-order valence-electron chi connectivity index (χ3n) is 3.38. The van der Waals surface area contributed by atoms with E-state index < -0.39 is 0 Å². The predicted octanol–water partition coefficient (Wildman–Crippen LogP) is 1.93. The number of nitrogen functional groups attached to an aromatic ring is 1. The molecule has 0 aromatic carbocycles. The lowest BCUT2D eigenvalue weighted by Crippen LogP contribution is -2.32. The van der Waals surface area contributed by atoms with Crippen LogP contribution in [-0.4, -0.2) is 27.3 Å². The van der Waals surface area contributed by atoms with E-state index in [0.717, 1.165) is 31.0 Å². The molecule has 0 aliphatic carbocycles. The largest absolute Gasteiger partial charge is 0.384 e. The first-order valence-electron chi connectivity index (χ1n) is 6.03. The fraction of sp³-hybridized carbons (Fsp3) is 0.750. The Kier molecular flexibility index (Phi) is 4.35. The van der Waals surface area contributed by atoms with E-state index in [1.807, 2.05) is 14.0 Å². The number of nitrogens with zero attached hydrogens (tertiary/aromatic N) is 3. The molecular weight excluding hydrogens is 200 g/mol. The minimum absolute atomic E-state index is 0.587. The van der Waals surface area contributed by atoms with E-state index in [-0.39, 0.29) is 0 Å². The average Bonchev–Trinajstić information content (AvgIpc) is 2.50. The highest BCUT2D eigenvalue weighted by Crippen LogP contribution is 2.19. The fourth-order valence-corrected chi connectivity index (χ4v) is 1.96. The van der Waals surface area contributed by atoms with Crippen molar-refractivity contribution in [1.82, 2.24) is 14.7 Å². The number of aromatic nitrogens is 2. The van der Waals surface area contributed by atoms with Crippen LogP contribution in [0.3, 0.4) is 0 Å². The van der Waals surface area contributed by atoms with E-state index in [9.17, 15) is 0 Å². The molecule has 0 spiro atoms. The zero-order valence-electron chi connectivity index (χ0n) is 11.1. The van der Waals surface area contributed by atoms with Crippen LogP contribution >= 0.6 is 0 Å². The van der Waals surface area contributed by atoms with E-state index >= 15 is 0 Å². The number of hydrogen-bond donors (Lipinski definition) is 1. The van der Waals surface area contributed by atoms with Gasteiger partial charge in [0.25, 0.3) is 0 Å². The number of rotatable bonds is 5. The van der Waals surface area contributed by atoms with E-state index in [1.165, 1.54) is 5.56 Å². The van der Waals surface area contributed by atoms with Crippen molar-refractivity contribution >= 4 is 5.82 Å². The molecule has 1 aromatic rings. The molecule has 0 bridgehead atoms. The van der Waals surface area contributed by atoms with Gasteiger partial charge in [-0.1, -0.05) is 13.8 Å². The van der Waals surface area contributed by atoms with Crippen LogP contribution < -0.4 is 5.73 Å². The van der Waals surface area contributed by atoms with Crippen molar-refractivity contribution in [3.8, 4) is 0 Å². The van der Waals surface area contributed by atoms with Crippen LogP contribution in [-0.2, 0) is 13.6 Å². The topological polar surface area (TPSA) is 47.1 Å². The molecule has 0 aliphatic rings. The number of aryl methyl sites for hydroxylation is 2. The summed E-state index contributed by atoms with van der Waals surface area (Å²) < 4.78 is 1.76. The van der Waals surface area contributed by atoms with Gasteiger partial charge in [-0.3, -0.25) is 9.58 Å². The van der Waals surface area contributed by atoms with Crippen molar-refractivity contribution in [1.29, 1.82) is 0 Å². The quantitative estimate of drug-likeness (QED) is 0.831. The molecule has 4 nitrogen and oxygen atoms in total. The summed E-state index contributed by atoms with van der Waals surface area (Å²) in [5, 5.41) is 4.35. The van der Waals surface area contributed by atoms with Gasteiger partial charge in [-0.25, -0.2) is 0 Å². The summed E-state index contributed by atoms with van der Waals surface area (Å²) >= 11 is 0. The summed E-state index contributed by atoms with van der Waals surface area (Å²) in [7, 11) is 1.89. The molecule has 0 aliphatic heterocycles. The Morgan fingerprint density at radius 3 is 2.44 bits per heavy atom. The van der Waals surface area contributed by atoms with Crippen LogP contribution in [0.4, 0.5) is 5.82 Å². The smallest absolute Gasteiger partial charge is 0.126 e. The van der Waals surface area contributed by atoms with E-state index in [1.54, 1.807) is 4.68 Å². The van der Waals surface area contributed by atoms with Gasteiger partial charge < -0.3 is 5.73 Å². The molecule has 0 amide bonds. The molecule has 92 valence electrons. The molecule has 0 saturated carbocycles. The van der Waals surface area contributed by atoms with Crippen LogP contribution in [0.5, 0.6) is 0 Å². The molecule has 2 N–H and O–H groups in total. The molecule has 1 rings (SSSR count). The maximum Gasteiger partial charge on any atom is 0.126 e. The van der Waals surface area contributed by atoms with Crippen molar-refractivity contribution in [2.45, 2.75) is 46.7 Å². The van der Waals surface area contributed by atoms with Crippen molar-refractivity contribution in [2.75, 3.05) is 12.3 Å². The minimum atomic E-state index is 0.587. The minimum Gasteiger partial charge on any atom is -0.384 e. The SMILES string of the molecule is CCC(C)N(CC)Cc1c(C)nn(C)c1N. The predicted molar refractivity (Wildman–Crippen MR) is 68.2 cm³/mol. The van der Waals surface area contributed by atoms with Crippen LogP contribution in [0.1, 0.15) is 38.4 Å². The molecule has 16 heavy (non-hydrogen) atoms. The molecule has 0 fully saturated rings. The first-order chi connectivity index (χ1) is 7.51. The summed E-state index contributed by atoms with van der Waals surface area (Å²) in [6.45, 7) is 10.6. The van der Waals surface area contributed by atoms with Crippen molar-refractivity contribution in [3.63, 3.8) is 0 Å². The Hall–Kier alpha value is -1.03. The second-order valence-electron chi connectivity index (χ2n) is 4.39. The van der Waals surface area contributed by atoms with Crippen LogP contribution in [0.15, 0.2) is 0 Å². The molecule has 1 atom stereocenters. The molecule has 1 heterocycles. The van der Waals surface area contributed by atoms with Gasteiger partial charge in [-0.15, -0.1) is 0 Å². The molecular formula is C12H24N4. The Labute approximate surface area is 98.4 Å². The van der Waals surface area contributed by atoms with Gasteiger partial charge in [0, 0.05) is 25.2 Å². The Morgan fingerprint density at radius 1 is 1.44 bits per heavy atom. The van der Waals surface area contributed by atoms with Crippen LogP contribution in [0.2, 0.25) is 0 Å². The monoisotopic (exact) mass is 224 g/mol. The fourth-order valence-electron chi connectivity index (χ4n) is 1.96. The highest BCUT2D eigenvalue weighted by atomic mass is 15.3. The highest BCUT2D eigenvalue weighted by molar-refractivity contribution is 5.42. The second kappa shape index (κ2) is 5.34. The standard InChI is InChI=1S/C12H24N4/c1-6-9(3)16(7-2)8-11-10(4)14-15(5)12(11)13/h9H,6-8,13H2,1-5H3. The van der Waals surface area contributed by atoms with E-state index in [4.69, 9.17) is 5.73 Å². The zero-order valence-corrected chi connectivity index (χ0v) is 11.1. The molecule has 1 aromatic heterocycles. The average molecular weight is 224 g/mol. The maximum atomic E-state index is 6.02. The third kappa shape index (κ3) is 2.55. The first kappa shape index (κ1) is 13.0. The molecule has 0 saturated heterocycles. The second-order valence-corrected chi connectivity index (χ2v) is 4.39. The third-order valence-corrected chi connectivity index (χ3v) is 3.38. The van der Waals surface area contributed by atoms with Gasteiger partial charge >= 0.3 is 0 Å². The van der Waals surface area contributed by atoms with Gasteiger partial charge in [0.2, 0.25) is 0 Å². The Morgan fingerprint density at radius 2 is 2.06 bits per heavy atom. The van der Waals surface area contributed by atoms with Gasteiger partial charge in [0.1, 0.15) is 5.82 Å². The van der Waals surface area contributed by atoms with Crippen LogP contribution in [0.25, 0.3) is 0 Å². The first-order valence-corrected chi connectivity index (χ1v) is 6.03. The number of hydrogen-bond acceptors (Lipinski definition) is 3. The lowest BCUT2D eigenvalue weighted by Gasteiger charge is -2.26. The number of anilines is 1. The summed E-state index contributed by atoms with van der Waals surface area (Å²) in [5.41, 5.74) is 8.24. The van der Waals surface area contributed by atoms with Gasteiger partial charge in [-0.05, 0) is 26.8 Å². The summed E-state index contributed by atoms with van der Waals surface area (Å²) in [6.07, 6.45) is 1.16. The molecule has 1 unspecified atom stereocenters. The normalized spacial score (nSPS) is 13.4. The van der Waals surface area contributed by atoms with Crippen molar-refractivity contribution < 1.29 is 0 Å². The molecule has 4 heteroatoms. The lowest BCUT2D eigenvalue weighted by molar-refractivity contribution is 0.206. The van der Waals surface area contributed by atoms with Crippen molar-refractivity contribution in [3.05, 3.63) is 11.3 Å². The Balaban J connectivity index is 2.85. The van der Waals surface area contributed by atoms with Gasteiger partial charge in [0.15, 0.2) is 0 Å². The summed E-state index contributed by atoms with van der Waals surface area (Å²) in [5.74, 6) is 0.791. The summed E-state index contributed by atoms with van der Waals surface area (Å²) in [6, 6.07) is 0.587. The zero-order chi connectivity index (χ0) is 12.3. The maximum absolute atomic E-state index is 6.02. The van der Waals surface area contributed by atoms with Crippen LogP contribution in [0, 0.1) is 6.92 Å². The van der Waals surface area contributed by atoms with E-state index in [0.29, 0.717) is 6.04 Å². The van der Waals surface area contributed by atoms with Gasteiger partial charge in [-0.2, -0.15) is 5.10 Å². The lowest BCUT2D eigenvalue weighted by atomic mass is 10.1. The van der Waals surface area contributed by atoms with E-state index in [2.05, 4.69) is 30.8 Å². The molecule has 0 radical (unpaired) electrons. The van der Waals surface area contributed by atoms with Gasteiger partial charge in [0.05, 0.1) is 5.69 Å². The highest BCUT2D eigenvalue weighted by Gasteiger charge is 2.16. The number of nitrogens with two attached hydrogens (primary N) is 1. The Bertz CT molecular complexity index is 343. The van der Waals surface area contributed by atoms with Crippen molar-refractivity contribution in [2.24, 2.45) is 7.05 Å². The summed E-state index contributed by atoms with van der Waals surface area (Å²) in [4.78, 5) is 2.43.